The number of hydrogen-bond donors (Lipinski definition) is 1. The van der Waals surface area contributed by atoms with Crippen LogP contribution >= 0.6 is 0 Å². The van der Waals surface area contributed by atoms with Gasteiger partial charge >= 0.3 is 0 Å². The molecule has 4 nitrogen and oxygen atoms in total. The smallest absolute Gasteiger partial charge is 0.218 e. The van der Waals surface area contributed by atoms with Gasteiger partial charge in [-0.25, -0.2) is 0 Å². The summed E-state index contributed by atoms with van der Waals surface area (Å²) in [6, 6.07) is 0. The van der Waals surface area contributed by atoms with Gasteiger partial charge < -0.3 is 10.0 Å². The van der Waals surface area contributed by atoms with Crippen LogP contribution in [0.2, 0.25) is 0 Å². The summed E-state index contributed by atoms with van der Waals surface area (Å²) in [5.41, 5.74) is 1.75. The SMILES string of the molecule is CC(=O)N(C)C.CC1CCC2C3CCC4=CC(=O)CCC4(C)C3C(O)CC12C. The van der Waals surface area contributed by atoms with Gasteiger partial charge in [-0.2, -0.15) is 0 Å². The van der Waals surface area contributed by atoms with Crippen LogP contribution in [0.3, 0.4) is 0 Å². The van der Waals surface area contributed by atoms with E-state index >= 15 is 0 Å². The summed E-state index contributed by atoms with van der Waals surface area (Å²) >= 11 is 0. The van der Waals surface area contributed by atoms with E-state index in [1.807, 2.05) is 6.08 Å². The molecule has 1 N–H and O–H groups in total. The number of hydrogen-bond acceptors (Lipinski definition) is 3. The van der Waals surface area contributed by atoms with Crippen LogP contribution in [-0.4, -0.2) is 41.9 Å². The molecule has 4 aliphatic carbocycles. The first kappa shape index (κ1) is 21.5. The fraction of sp³-hybridized carbons (Fsp3) is 0.833. The molecule has 3 saturated carbocycles. The Morgan fingerprint density at radius 3 is 2.43 bits per heavy atom. The molecule has 1 amide bonds. The molecule has 4 heteroatoms. The van der Waals surface area contributed by atoms with E-state index in [1.165, 1.54) is 36.7 Å². The second-order valence-corrected chi connectivity index (χ2v) is 10.6. The summed E-state index contributed by atoms with van der Waals surface area (Å²) in [6.07, 6.45) is 9.28. The van der Waals surface area contributed by atoms with E-state index < -0.39 is 0 Å². The Hall–Kier alpha value is -1.16. The third-order valence-electron chi connectivity index (χ3n) is 9.00. The summed E-state index contributed by atoms with van der Waals surface area (Å²) < 4.78 is 0. The van der Waals surface area contributed by atoms with Gasteiger partial charge in [0.2, 0.25) is 5.91 Å². The maximum absolute atomic E-state index is 11.8. The normalized spacial score (nSPS) is 44.3. The minimum absolute atomic E-state index is 0.0728. The molecular weight excluding hydrogens is 350 g/mol. The van der Waals surface area contributed by atoms with Crippen molar-refractivity contribution in [3.63, 3.8) is 0 Å². The summed E-state index contributed by atoms with van der Waals surface area (Å²) in [7, 11) is 3.45. The minimum Gasteiger partial charge on any atom is -0.393 e. The van der Waals surface area contributed by atoms with Gasteiger partial charge in [0.1, 0.15) is 0 Å². The van der Waals surface area contributed by atoms with Crippen molar-refractivity contribution >= 4 is 11.7 Å². The van der Waals surface area contributed by atoms with Crippen LogP contribution in [0.25, 0.3) is 0 Å². The third kappa shape index (κ3) is 3.46. The lowest BCUT2D eigenvalue weighted by Crippen LogP contribution is -2.56. The highest BCUT2D eigenvalue weighted by molar-refractivity contribution is 5.91. The Bertz CT molecular complexity index is 669. The van der Waals surface area contributed by atoms with Crippen molar-refractivity contribution in [1.29, 1.82) is 0 Å². The number of ketones is 1. The van der Waals surface area contributed by atoms with Crippen LogP contribution in [0.4, 0.5) is 0 Å². The molecule has 158 valence electrons. The van der Waals surface area contributed by atoms with Crippen molar-refractivity contribution < 1.29 is 14.7 Å². The zero-order valence-electron chi connectivity index (χ0n) is 18.6. The molecule has 7 unspecified atom stereocenters. The number of carbonyl (C=O) groups excluding carboxylic acids is 2. The van der Waals surface area contributed by atoms with Gasteiger partial charge in [-0.1, -0.05) is 26.3 Å². The Morgan fingerprint density at radius 1 is 1.18 bits per heavy atom. The van der Waals surface area contributed by atoms with E-state index in [1.54, 1.807) is 14.1 Å². The summed E-state index contributed by atoms with van der Waals surface area (Å²) in [5, 5.41) is 11.1. The Labute approximate surface area is 170 Å². The van der Waals surface area contributed by atoms with E-state index in [0.29, 0.717) is 29.5 Å². The van der Waals surface area contributed by atoms with E-state index in [2.05, 4.69) is 20.8 Å². The number of nitrogens with zero attached hydrogens (tertiary/aromatic N) is 1. The van der Waals surface area contributed by atoms with E-state index in [9.17, 15) is 14.7 Å². The fourth-order valence-corrected chi connectivity index (χ4v) is 6.94. The number of amides is 1. The predicted octanol–water partition coefficient (Wildman–Crippen LogP) is 4.22. The molecular formula is C24H39NO3. The molecule has 0 aliphatic heterocycles. The molecule has 0 aromatic rings. The minimum atomic E-state index is -0.186. The van der Waals surface area contributed by atoms with Crippen molar-refractivity contribution in [3.8, 4) is 0 Å². The van der Waals surface area contributed by atoms with Gasteiger partial charge in [0.05, 0.1) is 6.10 Å². The topological polar surface area (TPSA) is 57.6 Å². The Balaban J connectivity index is 0.000000330. The van der Waals surface area contributed by atoms with Crippen molar-refractivity contribution in [2.75, 3.05) is 14.1 Å². The van der Waals surface area contributed by atoms with Gasteiger partial charge in [0.15, 0.2) is 5.78 Å². The van der Waals surface area contributed by atoms with Crippen LogP contribution < -0.4 is 0 Å². The van der Waals surface area contributed by atoms with Gasteiger partial charge in [-0.05, 0) is 79.1 Å². The Kier molecular flexibility index (Phi) is 5.84. The first-order valence-corrected chi connectivity index (χ1v) is 11.1. The summed E-state index contributed by atoms with van der Waals surface area (Å²) in [5.74, 6) is 2.96. The molecule has 28 heavy (non-hydrogen) atoms. The molecule has 0 heterocycles. The van der Waals surface area contributed by atoms with E-state index in [0.717, 1.165) is 31.1 Å². The molecule has 4 rings (SSSR count). The van der Waals surface area contributed by atoms with E-state index in [4.69, 9.17) is 0 Å². The standard InChI is InChI=1S/C20H30O2.C4H9NO/c1-12-4-7-16-15-6-5-13-10-14(21)8-9-19(13,2)18(15)17(22)11-20(12,16)3;1-4(6)5(2)3/h10,12,15-18,22H,4-9,11H2,1-3H3;1-3H3. The number of carbonyl (C=O) groups is 2. The monoisotopic (exact) mass is 389 g/mol. The van der Waals surface area contributed by atoms with Crippen molar-refractivity contribution in [1.82, 2.24) is 4.90 Å². The third-order valence-corrected chi connectivity index (χ3v) is 9.00. The van der Waals surface area contributed by atoms with Crippen LogP contribution in [0.15, 0.2) is 11.6 Å². The molecule has 0 aromatic heterocycles. The highest BCUT2D eigenvalue weighted by Crippen LogP contribution is 2.66. The zero-order chi connectivity index (χ0) is 20.9. The predicted molar refractivity (Wildman–Crippen MR) is 112 cm³/mol. The molecule has 3 fully saturated rings. The van der Waals surface area contributed by atoms with Crippen LogP contribution in [0, 0.1) is 34.5 Å². The fourth-order valence-electron chi connectivity index (χ4n) is 6.94. The largest absolute Gasteiger partial charge is 0.393 e. The number of aliphatic hydroxyl groups is 1. The Morgan fingerprint density at radius 2 is 1.82 bits per heavy atom. The second-order valence-electron chi connectivity index (χ2n) is 10.6. The molecule has 4 aliphatic rings. The van der Waals surface area contributed by atoms with Gasteiger partial charge in [-0.3, -0.25) is 9.59 Å². The maximum Gasteiger partial charge on any atom is 0.218 e. The molecule has 0 spiro atoms. The van der Waals surface area contributed by atoms with Gasteiger partial charge in [0.25, 0.3) is 0 Å². The molecule has 7 atom stereocenters. The summed E-state index contributed by atoms with van der Waals surface area (Å²) in [4.78, 5) is 23.4. The first-order valence-electron chi connectivity index (χ1n) is 11.1. The summed E-state index contributed by atoms with van der Waals surface area (Å²) in [6.45, 7) is 8.70. The quantitative estimate of drug-likeness (QED) is 0.675. The van der Waals surface area contributed by atoms with Gasteiger partial charge in [0, 0.05) is 27.4 Å². The lowest BCUT2D eigenvalue weighted by molar-refractivity contribution is -0.132. The van der Waals surface area contributed by atoms with Crippen molar-refractivity contribution in [2.45, 2.75) is 78.7 Å². The average Bonchev–Trinajstić information content (AvgIpc) is 2.90. The van der Waals surface area contributed by atoms with Crippen LogP contribution in [0.5, 0.6) is 0 Å². The molecule has 0 bridgehead atoms. The lowest BCUT2D eigenvalue weighted by Gasteiger charge is -2.59. The van der Waals surface area contributed by atoms with Crippen LogP contribution in [-0.2, 0) is 9.59 Å². The highest BCUT2D eigenvalue weighted by Gasteiger charge is 2.61. The van der Waals surface area contributed by atoms with E-state index in [-0.39, 0.29) is 17.4 Å². The average molecular weight is 390 g/mol. The number of allylic oxidation sites excluding steroid dienone is 1. The maximum atomic E-state index is 11.8. The number of rotatable bonds is 0. The second kappa shape index (κ2) is 7.59. The number of aliphatic hydroxyl groups excluding tert-OH is 1. The van der Waals surface area contributed by atoms with Crippen molar-refractivity contribution in [3.05, 3.63) is 11.6 Å². The molecule has 0 radical (unpaired) electrons. The van der Waals surface area contributed by atoms with Crippen LogP contribution in [0.1, 0.15) is 72.6 Å². The molecule has 0 aromatic carbocycles. The van der Waals surface area contributed by atoms with Crippen molar-refractivity contribution in [2.24, 2.45) is 34.5 Å². The molecule has 0 saturated heterocycles. The lowest BCUT2D eigenvalue weighted by atomic mass is 9.46. The zero-order valence-corrected chi connectivity index (χ0v) is 18.6. The van der Waals surface area contributed by atoms with Gasteiger partial charge in [-0.15, -0.1) is 0 Å². The highest BCUT2D eigenvalue weighted by atomic mass is 16.3. The first-order chi connectivity index (χ1) is 13.0. The number of fused-ring (bicyclic) bond motifs is 5.